The second-order valence-electron chi connectivity index (χ2n) is 8.17. The number of hydrogen-bond acceptors (Lipinski definition) is 3. The van der Waals surface area contributed by atoms with Crippen LogP contribution >= 0.6 is 0 Å². The van der Waals surface area contributed by atoms with Crippen LogP contribution in [0.2, 0.25) is 0 Å². The largest absolute Gasteiger partial charge is 0.339 e. The lowest BCUT2D eigenvalue weighted by atomic mass is 9.76. The average Bonchev–Trinajstić information content (AvgIpc) is 2.67. The normalized spacial score (nSPS) is 27.6. The van der Waals surface area contributed by atoms with Crippen LogP contribution in [0.1, 0.15) is 36.0 Å². The van der Waals surface area contributed by atoms with Crippen LogP contribution in [0.4, 0.5) is 0 Å². The van der Waals surface area contributed by atoms with Gasteiger partial charge in [-0.05, 0) is 37.2 Å². The van der Waals surface area contributed by atoms with Gasteiger partial charge in [0.25, 0.3) is 5.91 Å². The summed E-state index contributed by atoms with van der Waals surface area (Å²) < 4.78 is 0. The number of carbonyl (C=O) groups excluding carboxylic acids is 2. The first-order valence-electron chi connectivity index (χ1n) is 9.81. The predicted octanol–water partition coefficient (Wildman–Crippen LogP) is 2.00. The summed E-state index contributed by atoms with van der Waals surface area (Å²) in [6, 6.07) is 9.13. The van der Waals surface area contributed by atoms with E-state index in [9.17, 15) is 14.4 Å². The number of benzene rings is 1. The molecule has 1 aromatic carbocycles. The predicted molar refractivity (Wildman–Crippen MR) is 101 cm³/mol. The first kappa shape index (κ1) is 16.5. The van der Waals surface area contributed by atoms with Crippen molar-refractivity contribution in [2.45, 2.75) is 31.7 Å². The number of nitrogens with zero attached hydrogens (tertiary/aromatic N) is 2. The van der Waals surface area contributed by atoms with Crippen molar-refractivity contribution in [3.63, 3.8) is 0 Å². The highest BCUT2D eigenvalue weighted by molar-refractivity contribution is 6.06. The Kier molecular flexibility index (Phi) is 3.81. The van der Waals surface area contributed by atoms with Crippen LogP contribution in [0.15, 0.2) is 35.1 Å². The summed E-state index contributed by atoms with van der Waals surface area (Å²) in [7, 11) is 0. The van der Waals surface area contributed by atoms with E-state index in [1.165, 1.54) is 6.07 Å². The van der Waals surface area contributed by atoms with Crippen molar-refractivity contribution in [2.75, 3.05) is 19.6 Å². The summed E-state index contributed by atoms with van der Waals surface area (Å²) in [5.41, 5.74) is 0.916. The minimum Gasteiger partial charge on any atom is -0.339 e. The first-order chi connectivity index (χ1) is 13.1. The molecule has 3 atom stereocenters. The van der Waals surface area contributed by atoms with E-state index in [1.807, 2.05) is 29.2 Å². The molecule has 6 nitrogen and oxygen atoms in total. The number of hydrogen-bond donors (Lipinski definition) is 1. The van der Waals surface area contributed by atoms with Crippen molar-refractivity contribution in [3.05, 3.63) is 46.2 Å². The van der Waals surface area contributed by atoms with Crippen LogP contribution in [-0.2, 0) is 4.79 Å². The van der Waals surface area contributed by atoms with Gasteiger partial charge in [-0.3, -0.25) is 14.4 Å². The molecule has 4 heterocycles. The van der Waals surface area contributed by atoms with Crippen molar-refractivity contribution >= 4 is 22.7 Å². The number of aromatic amines is 1. The topological polar surface area (TPSA) is 73.5 Å². The van der Waals surface area contributed by atoms with E-state index in [4.69, 9.17) is 0 Å². The zero-order chi connectivity index (χ0) is 18.5. The second kappa shape index (κ2) is 6.22. The van der Waals surface area contributed by atoms with Crippen LogP contribution in [-0.4, -0.2) is 52.3 Å². The highest BCUT2D eigenvalue weighted by Crippen LogP contribution is 2.38. The quantitative estimate of drug-likeness (QED) is 0.840. The van der Waals surface area contributed by atoms with Gasteiger partial charge >= 0.3 is 0 Å². The molecule has 2 amide bonds. The highest BCUT2D eigenvalue weighted by Gasteiger charge is 2.44. The van der Waals surface area contributed by atoms with Gasteiger partial charge in [-0.2, -0.15) is 0 Å². The van der Waals surface area contributed by atoms with Gasteiger partial charge in [0.15, 0.2) is 0 Å². The SMILES string of the molecule is O=C(c1cc(=O)[nH]c2ccccc12)N1CC2CC(C1)C1CCCC(=O)N1C2. The standard InChI is InChI=1S/C21H23N3O3/c25-19-9-16(15-4-1-2-5-17(15)22-19)21(27)23-10-13-8-14(12-23)18-6-3-7-20(26)24(18)11-13/h1-2,4-5,9,13-14,18H,3,6-8,10-12H2,(H,22,25). The number of pyridine rings is 1. The molecule has 6 heteroatoms. The van der Waals surface area contributed by atoms with E-state index in [-0.39, 0.29) is 23.4 Å². The Morgan fingerprint density at radius 2 is 1.96 bits per heavy atom. The molecule has 0 aliphatic carbocycles. The molecular formula is C21H23N3O3. The van der Waals surface area contributed by atoms with Crippen LogP contribution < -0.4 is 5.56 Å². The van der Waals surface area contributed by atoms with Crippen LogP contribution in [0.3, 0.4) is 0 Å². The Hall–Kier alpha value is -2.63. The molecule has 1 N–H and O–H groups in total. The third kappa shape index (κ3) is 2.74. The Labute approximate surface area is 157 Å². The zero-order valence-corrected chi connectivity index (χ0v) is 15.2. The number of rotatable bonds is 1. The lowest BCUT2D eigenvalue weighted by molar-refractivity contribution is -0.144. The van der Waals surface area contributed by atoms with Crippen LogP contribution in [0.25, 0.3) is 10.9 Å². The minimum atomic E-state index is -0.252. The maximum atomic E-state index is 13.3. The van der Waals surface area contributed by atoms with E-state index in [0.29, 0.717) is 42.4 Å². The van der Waals surface area contributed by atoms with Gasteiger partial charge in [0.05, 0.1) is 5.56 Å². The summed E-state index contributed by atoms with van der Waals surface area (Å²) in [6.45, 7) is 2.10. The Morgan fingerprint density at radius 3 is 2.85 bits per heavy atom. The van der Waals surface area contributed by atoms with Crippen LogP contribution in [0.5, 0.6) is 0 Å². The first-order valence-corrected chi connectivity index (χ1v) is 9.81. The number of amides is 2. The van der Waals surface area contributed by atoms with Crippen molar-refractivity contribution in [3.8, 4) is 0 Å². The molecular weight excluding hydrogens is 342 g/mol. The number of para-hydroxylation sites is 1. The number of nitrogens with one attached hydrogen (secondary N) is 1. The fraction of sp³-hybridized carbons (Fsp3) is 0.476. The van der Waals surface area contributed by atoms with Crippen molar-refractivity contribution < 1.29 is 9.59 Å². The minimum absolute atomic E-state index is 0.0671. The zero-order valence-electron chi connectivity index (χ0n) is 15.2. The van der Waals surface area contributed by atoms with Crippen molar-refractivity contribution in [1.82, 2.24) is 14.8 Å². The molecule has 0 saturated carbocycles. The fourth-order valence-corrected chi connectivity index (χ4v) is 5.33. The average molecular weight is 365 g/mol. The number of fused-ring (bicyclic) bond motifs is 5. The summed E-state index contributed by atoms with van der Waals surface area (Å²) >= 11 is 0. The van der Waals surface area contributed by atoms with E-state index >= 15 is 0 Å². The molecule has 5 rings (SSSR count). The number of carbonyl (C=O) groups is 2. The van der Waals surface area contributed by atoms with Crippen molar-refractivity contribution in [2.24, 2.45) is 11.8 Å². The molecule has 3 aliphatic heterocycles. The van der Waals surface area contributed by atoms with Crippen LogP contribution in [0, 0.1) is 11.8 Å². The van der Waals surface area contributed by atoms with E-state index in [0.717, 1.165) is 31.2 Å². The van der Waals surface area contributed by atoms with E-state index in [1.54, 1.807) is 0 Å². The maximum Gasteiger partial charge on any atom is 0.254 e. The number of aromatic nitrogens is 1. The number of piperidine rings is 3. The third-order valence-electron chi connectivity index (χ3n) is 6.45. The second-order valence-corrected chi connectivity index (χ2v) is 8.17. The Balaban J connectivity index is 1.46. The van der Waals surface area contributed by atoms with Gasteiger partial charge in [0.1, 0.15) is 0 Å². The van der Waals surface area contributed by atoms with Gasteiger partial charge in [0, 0.05) is 49.1 Å². The summed E-state index contributed by atoms with van der Waals surface area (Å²) in [6.07, 6.45) is 3.75. The molecule has 1 aromatic heterocycles. The van der Waals surface area contributed by atoms with Gasteiger partial charge < -0.3 is 14.8 Å². The van der Waals surface area contributed by atoms with Gasteiger partial charge in [0.2, 0.25) is 11.5 Å². The molecule has 3 aliphatic rings. The van der Waals surface area contributed by atoms with Crippen molar-refractivity contribution in [1.29, 1.82) is 0 Å². The van der Waals surface area contributed by atoms with Gasteiger partial charge in [-0.25, -0.2) is 0 Å². The highest BCUT2D eigenvalue weighted by atomic mass is 16.2. The molecule has 3 fully saturated rings. The number of H-pyrrole nitrogens is 1. The number of likely N-dealkylation sites (tertiary alicyclic amines) is 1. The molecule has 3 unspecified atom stereocenters. The molecule has 0 radical (unpaired) electrons. The molecule has 27 heavy (non-hydrogen) atoms. The fourth-order valence-electron chi connectivity index (χ4n) is 5.33. The monoisotopic (exact) mass is 365 g/mol. The molecule has 2 aromatic rings. The maximum absolute atomic E-state index is 13.3. The van der Waals surface area contributed by atoms with E-state index < -0.39 is 0 Å². The summed E-state index contributed by atoms with van der Waals surface area (Å²) in [5, 5.41) is 0.785. The smallest absolute Gasteiger partial charge is 0.254 e. The Morgan fingerprint density at radius 1 is 1.11 bits per heavy atom. The molecule has 3 saturated heterocycles. The molecule has 140 valence electrons. The van der Waals surface area contributed by atoms with Gasteiger partial charge in [-0.15, -0.1) is 0 Å². The molecule has 0 spiro atoms. The lowest BCUT2D eigenvalue weighted by Crippen LogP contribution is -2.61. The summed E-state index contributed by atoms with van der Waals surface area (Å²) in [4.78, 5) is 44.4. The summed E-state index contributed by atoms with van der Waals surface area (Å²) in [5.74, 6) is 0.891. The lowest BCUT2D eigenvalue weighted by Gasteiger charge is -2.52. The van der Waals surface area contributed by atoms with Gasteiger partial charge in [-0.1, -0.05) is 18.2 Å². The third-order valence-corrected chi connectivity index (χ3v) is 6.45. The Bertz CT molecular complexity index is 982. The molecule has 2 bridgehead atoms. The van der Waals surface area contributed by atoms with E-state index in [2.05, 4.69) is 9.88 Å².